The van der Waals surface area contributed by atoms with Crippen LogP contribution in [0.3, 0.4) is 0 Å². The predicted octanol–water partition coefficient (Wildman–Crippen LogP) is 5.07. The Labute approximate surface area is 190 Å². The van der Waals surface area contributed by atoms with Crippen LogP contribution in [0.5, 0.6) is 11.5 Å². The summed E-state index contributed by atoms with van der Waals surface area (Å²) in [6.45, 7) is 8.84. The number of ether oxygens (including phenoxy) is 3. The summed E-state index contributed by atoms with van der Waals surface area (Å²) in [5.74, 6) is 1.38. The van der Waals surface area contributed by atoms with Crippen molar-refractivity contribution in [1.82, 2.24) is 0 Å². The number of hydrogen-bond donors (Lipinski definition) is 1. The van der Waals surface area contributed by atoms with E-state index in [2.05, 4.69) is 32.9 Å². The van der Waals surface area contributed by atoms with Gasteiger partial charge in [-0.3, -0.25) is 4.79 Å². The lowest BCUT2D eigenvalue weighted by Crippen LogP contribution is -2.33. The molecule has 4 rings (SSSR count). The SMILES string of the molecule is Cc1c(/C=C/C2CC(O)CC(=O)O2)c2c(c(C)c1OCc1ccccc1)CCC(C)(C)O2. The molecule has 2 heterocycles. The highest BCUT2D eigenvalue weighted by Gasteiger charge is 2.32. The van der Waals surface area contributed by atoms with Gasteiger partial charge in [-0.1, -0.05) is 36.4 Å². The molecule has 1 fully saturated rings. The molecule has 2 aromatic carbocycles. The van der Waals surface area contributed by atoms with Crippen LogP contribution in [-0.4, -0.2) is 28.9 Å². The molecule has 0 amide bonds. The topological polar surface area (TPSA) is 65.0 Å². The second-order valence-corrected chi connectivity index (χ2v) is 9.42. The highest BCUT2D eigenvalue weighted by Crippen LogP contribution is 2.45. The minimum Gasteiger partial charge on any atom is -0.488 e. The average molecular weight is 437 g/mol. The van der Waals surface area contributed by atoms with Crippen molar-refractivity contribution in [2.45, 2.75) is 77.8 Å². The van der Waals surface area contributed by atoms with Crippen molar-refractivity contribution >= 4 is 12.0 Å². The Balaban J connectivity index is 1.71. The standard InChI is InChI=1S/C27H32O5/c1-17-22(11-10-21-14-20(28)15-24(29)31-21)26-23(12-13-27(3,4)32-26)18(2)25(17)30-16-19-8-6-5-7-9-19/h5-11,20-21,28H,12-16H2,1-4H3/b11-10+. The quantitative estimate of drug-likeness (QED) is 0.663. The first kappa shape index (κ1) is 22.4. The van der Waals surface area contributed by atoms with Crippen molar-refractivity contribution < 1.29 is 24.1 Å². The van der Waals surface area contributed by atoms with Crippen LogP contribution in [0.25, 0.3) is 6.08 Å². The van der Waals surface area contributed by atoms with E-state index in [1.807, 2.05) is 37.3 Å². The van der Waals surface area contributed by atoms with Gasteiger partial charge in [0, 0.05) is 23.1 Å². The number of fused-ring (bicyclic) bond motifs is 1. The van der Waals surface area contributed by atoms with E-state index in [0.717, 1.165) is 46.6 Å². The molecule has 2 aliphatic rings. The van der Waals surface area contributed by atoms with Crippen LogP contribution in [0.2, 0.25) is 0 Å². The summed E-state index contributed by atoms with van der Waals surface area (Å²) in [7, 11) is 0. The first-order valence-electron chi connectivity index (χ1n) is 11.3. The largest absolute Gasteiger partial charge is 0.488 e. The molecule has 1 N–H and O–H groups in total. The van der Waals surface area contributed by atoms with Crippen molar-refractivity contribution in [3.63, 3.8) is 0 Å². The van der Waals surface area contributed by atoms with Crippen molar-refractivity contribution in [3.8, 4) is 11.5 Å². The minimum atomic E-state index is -0.668. The number of aliphatic hydroxyl groups is 1. The molecule has 2 unspecified atom stereocenters. The molecule has 0 radical (unpaired) electrons. The number of benzene rings is 2. The van der Waals surface area contributed by atoms with Gasteiger partial charge >= 0.3 is 5.97 Å². The molecule has 0 aromatic heterocycles. The van der Waals surface area contributed by atoms with Crippen LogP contribution in [-0.2, 0) is 22.6 Å². The number of hydrogen-bond acceptors (Lipinski definition) is 5. The van der Waals surface area contributed by atoms with Gasteiger partial charge < -0.3 is 19.3 Å². The third kappa shape index (κ3) is 4.83. The van der Waals surface area contributed by atoms with Gasteiger partial charge in [-0.15, -0.1) is 0 Å². The van der Waals surface area contributed by atoms with Gasteiger partial charge in [-0.25, -0.2) is 0 Å². The lowest BCUT2D eigenvalue weighted by atomic mass is 9.87. The molecule has 5 nitrogen and oxygen atoms in total. The van der Waals surface area contributed by atoms with Crippen molar-refractivity contribution in [2.24, 2.45) is 0 Å². The smallest absolute Gasteiger partial charge is 0.309 e. The van der Waals surface area contributed by atoms with Gasteiger partial charge in [0.1, 0.15) is 29.8 Å². The molecule has 0 spiro atoms. The lowest BCUT2D eigenvalue weighted by Gasteiger charge is -2.36. The number of cyclic esters (lactones) is 1. The summed E-state index contributed by atoms with van der Waals surface area (Å²) in [6, 6.07) is 10.1. The molecular formula is C27H32O5. The van der Waals surface area contributed by atoms with Crippen LogP contribution in [0.15, 0.2) is 36.4 Å². The van der Waals surface area contributed by atoms with Gasteiger partial charge in [0.25, 0.3) is 0 Å². The fourth-order valence-electron chi connectivity index (χ4n) is 4.49. The summed E-state index contributed by atoms with van der Waals surface area (Å²) >= 11 is 0. The van der Waals surface area contributed by atoms with Crippen LogP contribution in [0.1, 0.15) is 60.9 Å². The lowest BCUT2D eigenvalue weighted by molar-refractivity contribution is -0.156. The van der Waals surface area contributed by atoms with E-state index in [1.165, 1.54) is 5.56 Å². The molecule has 1 saturated heterocycles. The normalized spacial score (nSPS) is 22.2. The Hall–Kier alpha value is -2.79. The van der Waals surface area contributed by atoms with Crippen LogP contribution in [0.4, 0.5) is 0 Å². The molecular weight excluding hydrogens is 404 g/mol. The van der Waals surface area contributed by atoms with Gasteiger partial charge in [0.2, 0.25) is 0 Å². The molecule has 0 bridgehead atoms. The number of carbonyl (C=O) groups is 1. The number of rotatable bonds is 5. The summed E-state index contributed by atoms with van der Waals surface area (Å²) in [5.41, 5.74) is 5.07. The van der Waals surface area contributed by atoms with Crippen molar-refractivity contribution in [1.29, 1.82) is 0 Å². The van der Waals surface area contributed by atoms with E-state index >= 15 is 0 Å². The minimum absolute atomic E-state index is 0.0536. The number of carbonyl (C=O) groups excluding carboxylic acids is 1. The highest BCUT2D eigenvalue weighted by atomic mass is 16.5. The average Bonchev–Trinajstić information content (AvgIpc) is 2.73. The molecule has 5 heteroatoms. The Kier molecular flexibility index (Phi) is 6.29. The summed E-state index contributed by atoms with van der Waals surface area (Å²) in [5, 5.41) is 9.94. The maximum Gasteiger partial charge on any atom is 0.309 e. The van der Waals surface area contributed by atoms with E-state index in [-0.39, 0.29) is 18.0 Å². The van der Waals surface area contributed by atoms with Crippen LogP contribution >= 0.6 is 0 Å². The zero-order chi connectivity index (χ0) is 22.9. The summed E-state index contributed by atoms with van der Waals surface area (Å²) in [6.07, 6.45) is 4.99. The number of aliphatic hydroxyl groups excluding tert-OH is 1. The van der Waals surface area contributed by atoms with Gasteiger partial charge in [-0.2, -0.15) is 0 Å². The molecule has 32 heavy (non-hydrogen) atoms. The third-order valence-electron chi connectivity index (χ3n) is 6.31. The fourth-order valence-corrected chi connectivity index (χ4v) is 4.49. The van der Waals surface area contributed by atoms with Gasteiger partial charge in [-0.05, 0) is 57.7 Å². The Morgan fingerprint density at radius 1 is 1.19 bits per heavy atom. The highest BCUT2D eigenvalue weighted by molar-refractivity contribution is 5.73. The van der Waals surface area contributed by atoms with E-state index in [1.54, 1.807) is 0 Å². The molecule has 2 atom stereocenters. The summed E-state index contributed by atoms with van der Waals surface area (Å²) < 4.78 is 18.2. The monoisotopic (exact) mass is 436 g/mol. The van der Waals surface area contributed by atoms with E-state index in [9.17, 15) is 9.90 Å². The fraction of sp³-hybridized carbons (Fsp3) is 0.444. The van der Waals surface area contributed by atoms with Gasteiger partial charge in [0.05, 0.1) is 12.5 Å². The number of esters is 1. The maximum absolute atomic E-state index is 11.7. The Morgan fingerprint density at radius 3 is 2.66 bits per heavy atom. The molecule has 2 aliphatic heterocycles. The zero-order valence-corrected chi connectivity index (χ0v) is 19.3. The second kappa shape index (κ2) is 8.99. The van der Waals surface area contributed by atoms with E-state index in [4.69, 9.17) is 14.2 Å². The summed E-state index contributed by atoms with van der Waals surface area (Å²) in [4.78, 5) is 11.7. The van der Waals surface area contributed by atoms with E-state index < -0.39 is 12.2 Å². The third-order valence-corrected chi connectivity index (χ3v) is 6.31. The Morgan fingerprint density at radius 2 is 1.94 bits per heavy atom. The van der Waals surface area contributed by atoms with Crippen molar-refractivity contribution in [2.75, 3.05) is 0 Å². The Bertz CT molecular complexity index is 1020. The van der Waals surface area contributed by atoms with Crippen LogP contribution in [0, 0.1) is 13.8 Å². The van der Waals surface area contributed by atoms with Gasteiger partial charge in [0.15, 0.2) is 0 Å². The van der Waals surface area contributed by atoms with Crippen molar-refractivity contribution in [3.05, 3.63) is 64.2 Å². The first-order valence-corrected chi connectivity index (χ1v) is 11.3. The molecule has 0 saturated carbocycles. The molecule has 0 aliphatic carbocycles. The first-order chi connectivity index (χ1) is 15.2. The van der Waals surface area contributed by atoms with E-state index in [0.29, 0.717) is 13.0 Å². The predicted molar refractivity (Wildman–Crippen MR) is 124 cm³/mol. The second-order valence-electron chi connectivity index (χ2n) is 9.42. The maximum atomic E-state index is 11.7. The molecule has 170 valence electrons. The van der Waals surface area contributed by atoms with Crippen LogP contribution < -0.4 is 9.47 Å². The zero-order valence-electron chi connectivity index (χ0n) is 19.3. The molecule has 2 aromatic rings.